The van der Waals surface area contributed by atoms with Crippen LogP contribution in [0.4, 0.5) is 0 Å². The monoisotopic (exact) mass is 429 g/mol. The number of nitrogens with one attached hydrogen (secondary N) is 1. The van der Waals surface area contributed by atoms with Crippen LogP contribution in [0.3, 0.4) is 0 Å². The van der Waals surface area contributed by atoms with E-state index in [1.807, 2.05) is 17.0 Å². The second-order valence-corrected chi connectivity index (χ2v) is 9.01. The molecule has 0 unspecified atom stereocenters. The summed E-state index contributed by atoms with van der Waals surface area (Å²) < 4.78 is 11.5. The SMILES string of the molecule is COc1ccc(-c2cc3c(s2)CCOC32CCN(C(=O)[C@@H](C)NC(C)=O)CC2)nc1. The van der Waals surface area contributed by atoms with E-state index in [2.05, 4.69) is 16.4 Å². The van der Waals surface area contributed by atoms with Crippen LogP contribution in [0.25, 0.3) is 10.6 Å². The molecular formula is C22H27N3O4S. The third kappa shape index (κ3) is 3.94. The second-order valence-electron chi connectivity index (χ2n) is 7.87. The highest BCUT2D eigenvalue weighted by Gasteiger charge is 2.43. The molecule has 2 aromatic rings. The predicted octanol–water partition coefficient (Wildman–Crippen LogP) is 2.73. The van der Waals surface area contributed by atoms with Gasteiger partial charge in [0.25, 0.3) is 0 Å². The van der Waals surface area contributed by atoms with Gasteiger partial charge in [0.2, 0.25) is 11.8 Å². The summed E-state index contributed by atoms with van der Waals surface area (Å²) >= 11 is 1.78. The fourth-order valence-electron chi connectivity index (χ4n) is 4.33. The molecule has 0 bridgehead atoms. The number of ether oxygens (including phenoxy) is 2. The molecule has 2 amide bonds. The van der Waals surface area contributed by atoms with Gasteiger partial charge >= 0.3 is 0 Å². The Labute approximate surface area is 180 Å². The fraction of sp³-hybridized carbons (Fsp3) is 0.500. The molecule has 2 aliphatic heterocycles. The summed E-state index contributed by atoms with van der Waals surface area (Å²) in [5.74, 6) is 0.512. The molecule has 160 valence electrons. The number of hydrogen-bond donors (Lipinski definition) is 1. The van der Waals surface area contributed by atoms with Crippen molar-refractivity contribution in [2.24, 2.45) is 0 Å². The quantitative estimate of drug-likeness (QED) is 0.808. The summed E-state index contributed by atoms with van der Waals surface area (Å²) in [6.45, 7) is 5.09. The minimum absolute atomic E-state index is 0.0375. The molecule has 1 fully saturated rings. The van der Waals surface area contributed by atoms with Gasteiger partial charge in [-0.05, 0) is 43.5 Å². The Bertz CT molecular complexity index is 932. The normalized spacial score (nSPS) is 18.6. The van der Waals surface area contributed by atoms with Crippen molar-refractivity contribution >= 4 is 23.2 Å². The topological polar surface area (TPSA) is 80.8 Å². The van der Waals surface area contributed by atoms with Crippen LogP contribution in [-0.4, -0.2) is 54.5 Å². The number of amides is 2. The summed E-state index contributed by atoms with van der Waals surface area (Å²) in [6, 6.07) is 5.61. The second kappa shape index (κ2) is 8.35. The van der Waals surface area contributed by atoms with Crippen molar-refractivity contribution in [2.45, 2.75) is 44.8 Å². The molecule has 1 saturated heterocycles. The molecule has 1 N–H and O–H groups in total. The molecule has 0 aliphatic carbocycles. The molecular weight excluding hydrogens is 402 g/mol. The van der Waals surface area contributed by atoms with Gasteiger partial charge in [-0.25, -0.2) is 0 Å². The summed E-state index contributed by atoms with van der Waals surface area (Å²) in [5.41, 5.74) is 1.83. The van der Waals surface area contributed by atoms with Crippen LogP contribution in [-0.2, 0) is 26.3 Å². The van der Waals surface area contributed by atoms with Gasteiger partial charge in [0.1, 0.15) is 11.8 Å². The van der Waals surface area contributed by atoms with Gasteiger partial charge in [-0.1, -0.05) is 0 Å². The number of aromatic nitrogens is 1. The lowest BCUT2D eigenvalue weighted by Gasteiger charge is -2.44. The molecule has 7 nitrogen and oxygen atoms in total. The zero-order valence-corrected chi connectivity index (χ0v) is 18.4. The number of hydrogen-bond acceptors (Lipinski definition) is 6. The van der Waals surface area contributed by atoms with Crippen LogP contribution in [0.2, 0.25) is 0 Å². The van der Waals surface area contributed by atoms with Crippen molar-refractivity contribution in [3.8, 4) is 16.3 Å². The van der Waals surface area contributed by atoms with Crippen molar-refractivity contribution in [3.05, 3.63) is 34.8 Å². The van der Waals surface area contributed by atoms with Gasteiger partial charge in [0.15, 0.2) is 0 Å². The van der Waals surface area contributed by atoms with Crippen molar-refractivity contribution in [1.82, 2.24) is 15.2 Å². The number of nitrogens with zero attached hydrogens (tertiary/aromatic N) is 2. The smallest absolute Gasteiger partial charge is 0.244 e. The first-order valence-electron chi connectivity index (χ1n) is 10.3. The first-order chi connectivity index (χ1) is 14.4. The van der Waals surface area contributed by atoms with Crippen molar-refractivity contribution in [2.75, 3.05) is 26.8 Å². The van der Waals surface area contributed by atoms with Crippen LogP contribution in [0.1, 0.15) is 37.1 Å². The van der Waals surface area contributed by atoms with Crippen molar-refractivity contribution < 1.29 is 19.1 Å². The molecule has 4 heterocycles. The highest BCUT2D eigenvalue weighted by molar-refractivity contribution is 7.15. The average molecular weight is 430 g/mol. The number of likely N-dealkylation sites (tertiary alicyclic amines) is 1. The van der Waals surface area contributed by atoms with Crippen LogP contribution in [0.15, 0.2) is 24.4 Å². The number of pyridine rings is 1. The number of thiophene rings is 1. The first-order valence-corrected chi connectivity index (χ1v) is 11.1. The fourth-order valence-corrected chi connectivity index (χ4v) is 5.54. The maximum atomic E-state index is 12.6. The molecule has 8 heteroatoms. The summed E-state index contributed by atoms with van der Waals surface area (Å²) in [7, 11) is 1.63. The zero-order valence-electron chi connectivity index (χ0n) is 17.6. The number of carbonyl (C=O) groups is 2. The summed E-state index contributed by atoms with van der Waals surface area (Å²) in [4.78, 5) is 32.8. The molecule has 4 rings (SSSR count). The predicted molar refractivity (Wildman–Crippen MR) is 115 cm³/mol. The van der Waals surface area contributed by atoms with Crippen molar-refractivity contribution in [1.29, 1.82) is 0 Å². The highest BCUT2D eigenvalue weighted by Crippen LogP contribution is 2.46. The van der Waals surface area contributed by atoms with E-state index >= 15 is 0 Å². The average Bonchev–Trinajstić information content (AvgIpc) is 3.19. The number of rotatable bonds is 4. The van der Waals surface area contributed by atoms with E-state index in [0.29, 0.717) is 19.7 Å². The Morgan fingerprint density at radius 1 is 1.33 bits per heavy atom. The van der Waals surface area contributed by atoms with Crippen molar-refractivity contribution in [3.63, 3.8) is 0 Å². The standard InChI is InChI=1S/C22H27N3O4S/c1-14(24-15(2)26)21(27)25-9-7-22(8-10-25)17-12-20(30-19(17)6-11-29-22)18-5-4-16(28-3)13-23-18/h4-5,12-14H,6-11H2,1-3H3,(H,24,26)/t14-/m1/s1. The van der Waals surface area contributed by atoms with Gasteiger partial charge < -0.3 is 19.7 Å². The maximum Gasteiger partial charge on any atom is 0.244 e. The largest absolute Gasteiger partial charge is 0.495 e. The summed E-state index contributed by atoms with van der Waals surface area (Å²) in [5, 5.41) is 2.68. The Morgan fingerprint density at radius 3 is 2.73 bits per heavy atom. The van der Waals surface area contributed by atoms with Crippen LogP contribution in [0.5, 0.6) is 5.75 Å². The molecule has 1 spiro atoms. The third-order valence-corrected chi connectivity index (χ3v) is 7.12. The van der Waals surface area contributed by atoms with Crippen LogP contribution < -0.4 is 10.1 Å². The van der Waals surface area contributed by atoms with Gasteiger partial charge in [0, 0.05) is 31.3 Å². The Balaban J connectivity index is 1.51. The van der Waals surface area contributed by atoms with E-state index in [-0.39, 0.29) is 17.4 Å². The minimum atomic E-state index is -0.506. The van der Waals surface area contributed by atoms with Gasteiger partial charge in [-0.3, -0.25) is 14.6 Å². The molecule has 0 radical (unpaired) electrons. The number of methoxy groups -OCH3 is 1. The van der Waals surface area contributed by atoms with Gasteiger partial charge in [-0.15, -0.1) is 11.3 Å². The number of carbonyl (C=O) groups excluding carboxylic acids is 2. The zero-order chi connectivity index (χ0) is 21.3. The molecule has 0 saturated carbocycles. The van der Waals surface area contributed by atoms with E-state index in [9.17, 15) is 9.59 Å². The Kier molecular flexibility index (Phi) is 5.79. The van der Waals surface area contributed by atoms with E-state index in [0.717, 1.165) is 35.6 Å². The minimum Gasteiger partial charge on any atom is -0.495 e. The first kappa shape index (κ1) is 20.8. The van der Waals surface area contributed by atoms with Crippen LogP contribution in [0, 0.1) is 0 Å². The molecule has 2 aromatic heterocycles. The molecule has 1 atom stereocenters. The number of piperidine rings is 1. The highest BCUT2D eigenvalue weighted by atomic mass is 32.1. The van der Waals surface area contributed by atoms with Gasteiger partial charge in [0.05, 0.1) is 36.1 Å². The van der Waals surface area contributed by atoms with E-state index in [1.165, 1.54) is 17.4 Å². The molecule has 30 heavy (non-hydrogen) atoms. The summed E-state index contributed by atoms with van der Waals surface area (Å²) in [6.07, 6.45) is 4.15. The molecule has 2 aliphatic rings. The Morgan fingerprint density at radius 2 is 2.10 bits per heavy atom. The molecule has 0 aromatic carbocycles. The Hall–Kier alpha value is -2.45. The third-order valence-electron chi connectivity index (χ3n) is 5.90. The lowest BCUT2D eigenvalue weighted by atomic mass is 9.82. The lowest BCUT2D eigenvalue weighted by Crippen LogP contribution is -2.52. The van der Waals surface area contributed by atoms with E-state index < -0.39 is 6.04 Å². The maximum absolute atomic E-state index is 12.6. The lowest BCUT2D eigenvalue weighted by molar-refractivity contribution is -0.143. The van der Waals surface area contributed by atoms with Crippen LogP contribution >= 0.6 is 11.3 Å². The number of fused-ring (bicyclic) bond motifs is 2. The van der Waals surface area contributed by atoms with E-state index in [1.54, 1.807) is 31.6 Å². The van der Waals surface area contributed by atoms with Gasteiger partial charge in [-0.2, -0.15) is 0 Å². The van der Waals surface area contributed by atoms with E-state index in [4.69, 9.17) is 9.47 Å².